The first-order chi connectivity index (χ1) is 14.4. The van der Waals surface area contributed by atoms with E-state index in [0.29, 0.717) is 12.4 Å². The second kappa shape index (κ2) is 9.74. The van der Waals surface area contributed by atoms with Crippen molar-refractivity contribution in [2.24, 2.45) is 0 Å². The fraction of sp³-hybridized carbons (Fsp3) is 0.458. The molecule has 0 saturated heterocycles. The molecule has 3 rings (SSSR count). The molecule has 0 bridgehead atoms. The summed E-state index contributed by atoms with van der Waals surface area (Å²) in [5, 5.41) is 25.7. The summed E-state index contributed by atoms with van der Waals surface area (Å²) in [6.45, 7) is 9.04. The molecular formula is C24H31N4O2-. The number of nitrogens with zero attached hydrogens (tertiary/aromatic N) is 4. The molecule has 0 amide bonds. The number of tetrazole rings is 1. The number of aromatic hydroxyl groups is 1. The smallest absolute Gasteiger partial charge is 0.127 e. The minimum atomic E-state index is -0.114. The third kappa shape index (κ3) is 5.17. The van der Waals surface area contributed by atoms with E-state index in [1.165, 1.54) is 0 Å². The second-order valence-electron chi connectivity index (χ2n) is 8.39. The topological polar surface area (TPSA) is 82.2 Å². The summed E-state index contributed by atoms with van der Waals surface area (Å²) >= 11 is 0. The molecule has 0 atom stereocenters. The molecule has 1 aromatic heterocycles. The van der Waals surface area contributed by atoms with E-state index in [1.54, 1.807) is 6.07 Å². The second-order valence-corrected chi connectivity index (χ2v) is 8.39. The van der Waals surface area contributed by atoms with E-state index >= 15 is 0 Å². The molecule has 0 aliphatic carbocycles. The standard InChI is InChI=1S/C24H31N4O2/c1-5-18-15-20(19-12-8-7-11-17(19)2)21(29)16-22(18)30-14-10-6-9-13-24(3,4)23-25-27-28-26-23/h7-8,11-12,15-16H,5-6,9-10,13-14H2,1-4H3,(H-,25,26,27,28,29)/q-1. The third-order valence-electron chi connectivity index (χ3n) is 5.62. The van der Waals surface area contributed by atoms with Gasteiger partial charge in [0.05, 0.1) is 6.61 Å². The lowest BCUT2D eigenvalue weighted by atomic mass is 9.86. The molecule has 0 unspecified atom stereocenters. The lowest BCUT2D eigenvalue weighted by Crippen LogP contribution is -2.20. The summed E-state index contributed by atoms with van der Waals surface area (Å²) in [5.74, 6) is 1.74. The molecule has 3 aromatic rings. The van der Waals surface area contributed by atoms with E-state index in [1.807, 2.05) is 18.2 Å². The van der Waals surface area contributed by atoms with Crippen LogP contribution in [0.3, 0.4) is 0 Å². The molecule has 0 spiro atoms. The molecular weight excluding hydrogens is 376 g/mol. The molecule has 0 aliphatic rings. The Morgan fingerprint density at radius 1 is 1.07 bits per heavy atom. The highest BCUT2D eigenvalue weighted by Gasteiger charge is 2.19. The number of phenols is 1. The van der Waals surface area contributed by atoms with Crippen LogP contribution in [0.5, 0.6) is 11.5 Å². The normalized spacial score (nSPS) is 11.6. The van der Waals surface area contributed by atoms with Crippen LogP contribution in [0.25, 0.3) is 11.1 Å². The molecule has 6 nitrogen and oxygen atoms in total. The zero-order chi connectivity index (χ0) is 21.6. The first kappa shape index (κ1) is 21.8. The fourth-order valence-corrected chi connectivity index (χ4v) is 3.67. The zero-order valence-electron chi connectivity index (χ0n) is 18.4. The molecule has 160 valence electrons. The van der Waals surface area contributed by atoms with Gasteiger partial charge in [0.25, 0.3) is 0 Å². The van der Waals surface area contributed by atoms with Gasteiger partial charge in [-0.3, -0.25) is 10.3 Å². The predicted molar refractivity (Wildman–Crippen MR) is 118 cm³/mol. The van der Waals surface area contributed by atoms with Crippen LogP contribution in [0.1, 0.15) is 63.4 Å². The van der Waals surface area contributed by atoms with E-state index in [9.17, 15) is 5.11 Å². The van der Waals surface area contributed by atoms with Crippen molar-refractivity contribution in [1.29, 1.82) is 0 Å². The van der Waals surface area contributed by atoms with Crippen LogP contribution in [0.2, 0.25) is 0 Å². The van der Waals surface area contributed by atoms with Crippen molar-refractivity contribution >= 4 is 0 Å². The van der Waals surface area contributed by atoms with Crippen LogP contribution in [0.15, 0.2) is 36.4 Å². The van der Waals surface area contributed by atoms with Crippen LogP contribution in [-0.4, -0.2) is 27.2 Å². The van der Waals surface area contributed by atoms with E-state index in [2.05, 4.69) is 60.5 Å². The Morgan fingerprint density at radius 3 is 2.57 bits per heavy atom. The number of aromatic nitrogens is 4. The Bertz CT molecular complexity index is 952. The molecule has 0 saturated carbocycles. The first-order valence-electron chi connectivity index (χ1n) is 10.7. The highest BCUT2D eigenvalue weighted by Crippen LogP contribution is 2.37. The third-order valence-corrected chi connectivity index (χ3v) is 5.62. The van der Waals surface area contributed by atoms with Gasteiger partial charge in [-0.25, -0.2) is 0 Å². The predicted octanol–water partition coefficient (Wildman–Crippen LogP) is 4.99. The summed E-state index contributed by atoms with van der Waals surface area (Å²) in [4.78, 5) is 0. The van der Waals surface area contributed by atoms with E-state index in [-0.39, 0.29) is 11.2 Å². The summed E-state index contributed by atoms with van der Waals surface area (Å²) < 4.78 is 6.03. The first-order valence-corrected chi connectivity index (χ1v) is 10.7. The number of ether oxygens (including phenoxy) is 1. The van der Waals surface area contributed by atoms with Crippen molar-refractivity contribution in [3.63, 3.8) is 0 Å². The van der Waals surface area contributed by atoms with Crippen molar-refractivity contribution in [3.8, 4) is 22.6 Å². The molecule has 2 aromatic carbocycles. The molecule has 30 heavy (non-hydrogen) atoms. The number of unbranched alkanes of at least 4 members (excludes halogenated alkanes) is 2. The monoisotopic (exact) mass is 407 g/mol. The van der Waals surface area contributed by atoms with Crippen molar-refractivity contribution < 1.29 is 9.84 Å². The van der Waals surface area contributed by atoms with Gasteiger partial charge in [0.2, 0.25) is 0 Å². The summed E-state index contributed by atoms with van der Waals surface area (Å²) in [6, 6.07) is 11.9. The number of benzene rings is 2. The van der Waals surface area contributed by atoms with E-state index in [0.717, 1.165) is 60.1 Å². The minimum Gasteiger partial charge on any atom is -0.507 e. The van der Waals surface area contributed by atoms with Crippen molar-refractivity contribution in [3.05, 3.63) is 53.3 Å². The van der Waals surface area contributed by atoms with Gasteiger partial charge in [0.15, 0.2) is 0 Å². The van der Waals surface area contributed by atoms with Gasteiger partial charge in [-0.15, -0.1) is 0 Å². The average Bonchev–Trinajstić information content (AvgIpc) is 3.27. The van der Waals surface area contributed by atoms with Crippen LogP contribution >= 0.6 is 0 Å². The van der Waals surface area contributed by atoms with Crippen LogP contribution in [0, 0.1) is 6.92 Å². The Kier molecular flexibility index (Phi) is 7.08. The lowest BCUT2D eigenvalue weighted by molar-refractivity contribution is 0.296. The highest BCUT2D eigenvalue weighted by molar-refractivity contribution is 5.75. The quantitative estimate of drug-likeness (QED) is 0.477. The highest BCUT2D eigenvalue weighted by atomic mass is 16.5. The maximum absolute atomic E-state index is 10.6. The fourth-order valence-electron chi connectivity index (χ4n) is 3.67. The molecule has 1 N–H and O–H groups in total. The van der Waals surface area contributed by atoms with E-state index < -0.39 is 0 Å². The van der Waals surface area contributed by atoms with Gasteiger partial charge in [0.1, 0.15) is 11.5 Å². The molecule has 1 heterocycles. The van der Waals surface area contributed by atoms with Gasteiger partial charge < -0.3 is 14.9 Å². The van der Waals surface area contributed by atoms with Gasteiger partial charge in [-0.05, 0) is 54.4 Å². The van der Waals surface area contributed by atoms with Crippen LogP contribution < -0.4 is 9.84 Å². The maximum Gasteiger partial charge on any atom is 0.127 e. The zero-order valence-corrected chi connectivity index (χ0v) is 18.4. The van der Waals surface area contributed by atoms with Gasteiger partial charge in [-0.1, -0.05) is 57.9 Å². The Hall–Kier alpha value is -2.89. The van der Waals surface area contributed by atoms with Crippen molar-refractivity contribution in [2.45, 2.75) is 65.2 Å². The SMILES string of the molecule is CCc1cc(-c2ccccc2C)c(O)cc1OCCCCCC(C)(C)c1nnn[n-]1. The summed E-state index contributed by atoms with van der Waals surface area (Å²) in [5.41, 5.74) is 4.05. The lowest BCUT2D eigenvalue weighted by Gasteiger charge is -2.24. The number of hydrogen-bond donors (Lipinski definition) is 1. The van der Waals surface area contributed by atoms with Gasteiger partial charge in [0, 0.05) is 17.5 Å². The van der Waals surface area contributed by atoms with Gasteiger partial charge >= 0.3 is 0 Å². The number of hydrogen-bond acceptors (Lipinski definition) is 5. The average molecular weight is 408 g/mol. The molecule has 0 fully saturated rings. The van der Waals surface area contributed by atoms with Crippen molar-refractivity contribution in [1.82, 2.24) is 20.6 Å². The molecule has 6 heteroatoms. The summed E-state index contributed by atoms with van der Waals surface area (Å²) in [6.07, 6.45) is 4.90. The Morgan fingerprint density at radius 2 is 1.87 bits per heavy atom. The summed E-state index contributed by atoms with van der Waals surface area (Å²) in [7, 11) is 0. The van der Waals surface area contributed by atoms with Crippen LogP contribution in [0.4, 0.5) is 0 Å². The van der Waals surface area contributed by atoms with Gasteiger partial charge in [-0.2, -0.15) is 5.21 Å². The maximum atomic E-state index is 10.6. The molecule has 0 aliphatic heterocycles. The number of rotatable bonds is 10. The Labute approximate surface area is 178 Å². The van der Waals surface area contributed by atoms with E-state index in [4.69, 9.17) is 4.74 Å². The van der Waals surface area contributed by atoms with Crippen LogP contribution in [-0.2, 0) is 11.8 Å². The molecule has 0 radical (unpaired) electrons. The minimum absolute atomic E-state index is 0.114. The number of phenolic OH excluding ortho intramolecular Hbond substituents is 1. The Balaban J connectivity index is 1.54. The van der Waals surface area contributed by atoms with Crippen molar-refractivity contribution in [2.75, 3.05) is 6.61 Å². The number of aryl methyl sites for hydroxylation is 2. The largest absolute Gasteiger partial charge is 0.507 e.